The molecule has 0 saturated heterocycles. The molecular weight excluding hydrogens is 327 g/mol. The van der Waals surface area contributed by atoms with Crippen molar-refractivity contribution in [1.82, 2.24) is 8.75 Å². The first-order chi connectivity index (χ1) is 11.7. The Morgan fingerprint density at radius 3 is 2.58 bits per heavy atom. The highest BCUT2D eigenvalue weighted by molar-refractivity contribution is 6.99. The summed E-state index contributed by atoms with van der Waals surface area (Å²) >= 11 is 1.14. The fourth-order valence-corrected chi connectivity index (χ4v) is 4.34. The Kier molecular flexibility index (Phi) is 4.39. The predicted molar refractivity (Wildman–Crippen MR) is 90.1 cm³/mol. The summed E-state index contributed by atoms with van der Waals surface area (Å²) in [6.07, 6.45) is 7.62. The van der Waals surface area contributed by atoms with E-state index in [0.29, 0.717) is 18.4 Å². The maximum absolute atomic E-state index is 12.9. The van der Waals surface area contributed by atoms with Gasteiger partial charge in [-0.15, -0.1) is 8.75 Å². The molecule has 0 amide bonds. The van der Waals surface area contributed by atoms with Gasteiger partial charge in [0.2, 0.25) is 0 Å². The molecule has 1 heterocycles. The van der Waals surface area contributed by atoms with Gasteiger partial charge in [-0.05, 0) is 68.6 Å². The Hall–Kier alpha value is -1.69. The van der Waals surface area contributed by atoms with E-state index < -0.39 is 0 Å². The minimum atomic E-state index is -0.203. The first-order valence-electron chi connectivity index (χ1n) is 8.61. The SMILES string of the molecule is Fc1ccc(CCCOc2nsnc2OC23CCC(CC2)C3)cc1. The largest absolute Gasteiger partial charge is 0.473 e. The molecule has 4 rings (SSSR count). The van der Waals surface area contributed by atoms with Crippen LogP contribution in [0.25, 0.3) is 0 Å². The van der Waals surface area contributed by atoms with Gasteiger partial charge in [0.25, 0.3) is 11.8 Å². The number of nitrogens with zero attached hydrogens (tertiary/aromatic N) is 2. The van der Waals surface area contributed by atoms with Crippen molar-refractivity contribution in [2.24, 2.45) is 5.92 Å². The lowest BCUT2D eigenvalue weighted by atomic mass is 9.97. The number of ether oxygens (including phenoxy) is 2. The van der Waals surface area contributed by atoms with E-state index in [1.54, 1.807) is 0 Å². The van der Waals surface area contributed by atoms with Gasteiger partial charge in [-0.1, -0.05) is 12.1 Å². The van der Waals surface area contributed by atoms with Gasteiger partial charge in [0.05, 0.1) is 18.3 Å². The van der Waals surface area contributed by atoms with Crippen LogP contribution in [-0.2, 0) is 6.42 Å². The highest BCUT2D eigenvalue weighted by Gasteiger charge is 2.47. The molecule has 2 aliphatic carbocycles. The zero-order valence-electron chi connectivity index (χ0n) is 13.5. The van der Waals surface area contributed by atoms with Gasteiger partial charge in [-0.2, -0.15) is 0 Å². The summed E-state index contributed by atoms with van der Waals surface area (Å²) in [4.78, 5) is 0. The van der Waals surface area contributed by atoms with Crippen LogP contribution in [0, 0.1) is 11.7 Å². The third-order valence-corrected chi connectivity index (χ3v) is 5.68. The van der Waals surface area contributed by atoms with E-state index in [4.69, 9.17) is 9.47 Å². The standard InChI is InChI=1S/C18H21FN2O2S/c19-15-5-3-13(4-6-15)2-1-11-22-16-17(21-24-20-16)23-18-9-7-14(12-18)8-10-18/h3-6,14H,1-2,7-12H2. The fourth-order valence-electron chi connectivity index (χ4n) is 3.91. The molecular formula is C18H21FN2O2S. The summed E-state index contributed by atoms with van der Waals surface area (Å²) in [5.41, 5.74) is 1.09. The number of aromatic nitrogens is 2. The van der Waals surface area contributed by atoms with E-state index in [9.17, 15) is 4.39 Å². The van der Waals surface area contributed by atoms with Crippen molar-refractivity contribution in [3.05, 3.63) is 35.6 Å². The van der Waals surface area contributed by atoms with Gasteiger partial charge in [-0.3, -0.25) is 0 Å². The number of aryl methyl sites for hydroxylation is 1. The van der Waals surface area contributed by atoms with Crippen molar-refractivity contribution in [3.63, 3.8) is 0 Å². The molecule has 0 atom stereocenters. The van der Waals surface area contributed by atoms with Crippen LogP contribution in [-0.4, -0.2) is 21.0 Å². The second kappa shape index (κ2) is 6.67. The van der Waals surface area contributed by atoms with E-state index in [1.807, 2.05) is 12.1 Å². The number of fused-ring (bicyclic) bond motifs is 2. The smallest absolute Gasteiger partial charge is 0.291 e. The topological polar surface area (TPSA) is 44.2 Å². The van der Waals surface area contributed by atoms with Crippen LogP contribution in [0.5, 0.6) is 11.8 Å². The van der Waals surface area contributed by atoms with E-state index >= 15 is 0 Å². The van der Waals surface area contributed by atoms with Crippen LogP contribution < -0.4 is 9.47 Å². The molecule has 0 unspecified atom stereocenters. The molecule has 2 saturated carbocycles. The average molecular weight is 348 g/mol. The zero-order chi connectivity index (χ0) is 16.4. The minimum Gasteiger partial charge on any atom is -0.473 e. The van der Waals surface area contributed by atoms with Crippen molar-refractivity contribution in [2.75, 3.05) is 6.61 Å². The average Bonchev–Trinajstić information content (AvgIpc) is 3.30. The number of benzene rings is 1. The predicted octanol–water partition coefficient (Wildman–Crippen LogP) is 4.40. The van der Waals surface area contributed by atoms with Gasteiger partial charge in [0.15, 0.2) is 0 Å². The van der Waals surface area contributed by atoms with Crippen molar-refractivity contribution < 1.29 is 13.9 Å². The Bertz CT molecular complexity index is 681. The van der Waals surface area contributed by atoms with Crippen molar-refractivity contribution in [2.45, 2.75) is 50.5 Å². The van der Waals surface area contributed by atoms with Crippen LogP contribution in [0.1, 0.15) is 44.1 Å². The van der Waals surface area contributed by atoms with Crippen molar-refractivity contribution in [3.8, 4) is 11.8 Å². The molecule has 2 fully saturated rings. The molecule has 128 valence electrons. The monoisotopic (exact) mass is 348 g/mol. The van der Waals surface area contributed by atoms with Gasteiger partial charge < -0.3 is 9.47 Å². The molecule has 0 spiro atoms. The quantitative estimate of drug-likeness (QED) is 0.696. The maximum atomic E-state index is 12.9. The minimum absolute atomic E-state index is 0.0212. The lowest BCUT2D eigenvalue weighted by Gasteiger charge is -2.26. The molecule has 24 heavy (non-hydrogen) atoms. The maximum Gasteiger partial charge on any atom is 0.291 e. The molecule has 4 nitrogen and oxygen atoms in total. The van der Waals surface area contributed by atoms with Crippen LogP contribution in [0.2, 0.25) is 0 Å². The molecule has 0 radical (unpaired) electrons. The summed E-state index contributed by atoms with van der Waals surface area (Å²) in [6.45, 7) is 0.550. The summed E-state index contributed by atoms with van der Waals surface area (Å²) in [5.74, 6) is 1.70. The first-order valence-corrected chi connectivity index (χ1v) is 9.34. The zero-order valence-corrected chi connectivity index (χ0v) is 14.4. The number of rotatable bonds is 7. The number of hydrogen-bond acceptors (Lipinski definition) is 5. The molecule has 1 aromatic carbocycles. The highest BCUT2D eigenvalue weighted by atomic mass is 32.1. The van der Waals surface area contributed by atoms with Gasteiger partial charge >= 0.3 is 0 Å². The lowest BCUT2D eigenvalue weighted by Crippen LogP contribution is -2.30. The molecule has 2 aromatic rings. The summed E-state index contributed by atoms with van der Waals surface area (Å²) in [5, 5.41) is 0. The van der Waals surface area contributed by atoms with E-state index in [0.717, 1.165) is 55.3 Å². The van der Waals surface area contributed by atoms with Crippen LogP contribution in [0.3, 0.4) is 0 Å². The second-order valence-corrected chi connectivity index (χ2v) is 7.41. The summed E-state index contributed by atoms with van der Waals surface area (Å²) in [6, 6.07) is 6.60. The van der Waals surface area contributed by atoms with Crippen LogP contribution in [0.4, 0.5) is 4.39 Å². The molecule has 0 N–H and O–H groups in total. The third-order valence-electron chi connectivity index (χ3n) is 5.18. The molecule has 2 aliphatic rings. The van der Waals surface area contributed by atoms with Crippen molar-refractivity contribution in [1.29, 1.82) is 0 Å². The van der Waals surface area contributed by atoms with Gasteiger partial charge in [0, 0.05) is 0 Å². The van der Waals surface area contributed by atoms with Gasteiger partial charge in [0.1, 0.15) is 11.4 Å². The Labute approximate surface area is 145 Å². The fraction of sp³-hybridized carbons (Fsp3) is 0.556. The normalized spacial score (nSPS) is 25.1. The second-order valence-electron chi connectivity index (χ2n) is 6.89. The van der Waals surface area contributed by atoms with E-state index in [2.05, 4.69) is 8.75 Å². The molecule has 2 bridgehead atoms. The van der Waals surface area contributed by atoms with Crippen LogP contribution in [0.15, 0.2) is 24.3 Å². The Morgan fingerprint density at radius 1 is 1.12 bits per heavy atom. The Balaban J connectivity index is 1.28. The van der Waals surface area contributed by atoms with E-state index in [-0.39, 0.29) is 11.4 Å². The third kappa shape index (κ3) is 3.38. The number of hydrogen-bond donors (Lipinski definition) is 0. The molecule has 6 heteroatoms. The molecule has 0 aliphatic heterocycles. The van der Waals surface area contributed by atoms with E-state index in [1.165, 1.54) is 25.0 Å². The Morgan fingerprint density at radius 2 is 1.88 bits per heavy atom. The summed E-state index contributed by atoms with van der Waals surface area (Å²) < 4.78 is 33.4. The first kappa shape index (κ1) is 15.8. The highest BCUT2D eigenvalue weighted by Crippen LogP contribution is 2.50. The number of halogens is 1. The van der Waals surface area contributed by atoms with Gasteiger partial charge in [-0.25, -0.2) is 4.39 Å². The summed E-state index contributed by atoms with van der Waals surface area (Å²) in [7, 11) is 0. The lowest BCUT2D eigenvalue weighted by molar-refractivity contribution is 0.0705. The van der Waals surface area contributed by atoms with Crippen LogP contribution >= 0.6 is 11.7 Å². The van der Waals surface area contributed by atoms with Crippen molar-refractivity contribution >= 4 is 11.7 Å². The molecule has 1 aromatic heterocycles.